The highest BCUT2D eigenvalue weighted by molar-refractivity contribution is 7.92. The summed E-state index contributed by atoms with van der Waals surface area (Å²) in [5.74, 6) is -0.382. The monoisotopic (exact) mass is 345 g/mol. The van der Waals surface area contributed by atoms with E-state index in [9.17, 15) is 13.2 Å². The Morgan fingerprint density at radius 2 is 1.92 bits per heavy atom. The highest BCUT2D eigenvalue weighted by Crippen LogP contribution is 2.32. The van der Waals surface area contributed by atoms with E-state index >= 15 is 0 Å². The van der Waals surface area contributed by atoms with Gasteiger partial charge in [0.2, 0.25) is 0 Å². The number of pyridine rings is 1. The lowest BCUT2D eigenvalue weighted by Gasteiger charge is -2.30. The summed E-state index contributed by atoms with van der Waals surface area (Å²) in [5, 5.41) is -0.194. The molecule has 1 amide bonds. The van der Waals surface area contributed by atoms with Gasteiger partial charge >= 0.3 is 0 Å². The molecule has 0 radical (unpaired) electrons. The lowest BCUT2D eigenvalue weighted by molar-refractivity contribution is 0.0823. The van der Waals surface area contributed by atoms with Crippen molar-refractivity contribution in [2.75, 3.05) is 24.9 Å². The van der Waals surface area contributed by atoms with Crippen molar-refractivity contribution >= 4 is 21.6 Å². The molecule has 2 aromatic rings. The Morgan fingerprint density at radius 3 is 2.67 bits per heavy atom. The molecule has 1 aliphatic heterocycles. The molecule has 0 saturated heterocycles. The number of nitrogens with zero attached hydrogens (tertiary/aromatic N) is 3. The van der Waals surface area contributed by atoms with Crippen molar-refractivity contribution in [3.63, 3.8) is 0 Å². The molecule has 0 saturated carbocycles. The van der Waals surface area contributed by atoms with Crippen molar-refractivity contribution in [1.29, 1.82) is 0 Å². The molecule has 0 unspecified atom stereocenters. The van der Waals surface area contributed by atoms with Crippen molar-refractivity contribution in [3.05, 3.63) is 53.7 Å². The van der Waals surface area contributed by atoms with Gasteiger partial charge in [0.1, 0.15) is 0 Å². The number of rotatable bonds is 3. The van der Waals surface area contributed by atoms with Gasteiger partial charge in [-0.1, -0.05) is 18.2 Å². The number of para-hydroxylation sites is 1. The molecule has 0 aliphatic carbocycles. The van der Waals surface area contributed by atoms with Crippen molar-refractivity contribution in [2.45, 2.75) is 17.9 Å². The van der Waals surface area contributed by atoms with Crippen LogP contribution in [0.15, 0.2) is 47.6 Å². The Bertz CT molecular complexity index is 878. The molecule has 1 aromatic heterocycles. The van der Waals surface area contributed by atoms with Crippen LogP contribution in [-0.4, -0.2) is 44.8 Å². The van der Waals surface area contributed by atoms with Crippen molar-refractivity contribution in [3.8, 4) is 0 Å². The zero-order valence-corrected chi connectivity index (χ0v) is 14.5. The first kappa shape index (κ1) is 16.4. The zero-order valence-electron chi connectivity index (χ0n) is 13.6. The molecule has 6 nitrogen and oxygen atoms in total. The maximum absolute atomic E-state index is 13.2. The molecule has 0 bridgehead atoms. The molecule has 1 aliphatic rings. The summed E-state index contributed by atoms with van der Waals surface area (Å²) < 4.78 is 27.7. The van der Waals surface area contributed by atoms with E-state index in [1.54, 1.807) is 26.2 Å². The number of aryl methyl sites for hydroxylation is 1. The van der Waals surface area contributed by atoms with Crippen LogP contribution in [0.5, 0.6) is 0 Å². The summed E-state index contributed by atoms with van der Waals surface area (Å²) in [5.41, 5.74) is 1.74. The van der Waals surface area contributed by atoms with Crippen LogP contribution in [0.1, 0.15) is 22.3 Å². The van der Waals surface area contributed by atoms with Crippen LogP contribution >= 0.6 is 0 Å². The summed E-state index contributed by atoms with van der Waals surface area (Å²) >= 11 is 0. The van der Waals surface area contributed by atoms with Crippen molar-refractivity contribution < 1.29 is 13.2 Å². The molecular weight excluding hydrogens is 326 g/mol. The van der Waals surface area contributed by atoms with E-state index in [1.807, 2.05) is 18.2 Å². The molecule has 0 N–H and O–H groups in total. The number of fused-ring (bicyclic) bond motifs is 1. The summed E-state index contributed by atoms with van der Waals surface area (Å²) in [6.07, 6.45) is 2.98. The van der Waals surface area contributed by atoms with E-state index in [-0.39, 0.29) is 16.5 Å². The predicted molar refractivity (Wildman–Crippen MR) is 91.5 cm³/mol. The van der Waals surface area contributed by atoms with E-state index < -0.39 is 10.0 Å². The molecule has 0 fully saturated rings. The SMILES string of the molecule is CN(C)C(=O)c1cccnc1S(=O)(=O)N1CCCc2ccccc21. The number of hydrogen-bond acceptors (Lipinski definition) is 4. The topological polar surface area (TPSA) is 70.6 Å². The van der Waals surface area contributed by atoms with Gasteiger partial charge in [-0.2, -0.15) is 8.42 Å². The maximum Gasteiger partial charge on any atom is 0.282 e. The van der Waals surface area contributed by atoms with Gasteiger partial charge in [0, 0.05) is 26.8 Å². The molecule has 126 valence electrons. The fourth-order valence-electron chi connectivity index (χ4n) is 2.85. The van der Waals surface area contributed by atoms with Crippen molar-refractivity contribution in [1.82, 2.24) is 9.88 Å². The second-order valence-electron chi connectivity index (χ2n) is 5.87. The lowest BCUT2D eigenvalue weighted by atomic mass is 10.0. The molecule has 0 atom stereocenters. The molecule has 0 spiro atoms. The van der Waals surface area contributed by atoms with Gasteiger partial charge in [0.05, 0.1) is 11.3 Å². The quantitative estimate of drug-likeness (QED) is 0.852. The Hall–Kier alpha value is -2.41. The standard InChI is InChI=1S/C17H19N3O3S/c1-19(2)17(21)14-9-5-11-18-16(14)24(22,23)20-12-6-8-13-7-3-4-10-15(13)20/h3-5,7,9-11H,6,8,12H2,1-2H3. The minimum atomic E-state index is -3.91. The summed E-state index contributed by atoms with van der Waals surface area (Å²) in [4.78, 5) is 17.7. The largest absolute Gasteiger partial charge is 0.345 e. The fraction of sp³-hybridized carbons (Fsp3) is 0.294. The fourth-order valence-corrected chi connectivity index (χ4v) is 4.50. The van der Waals surface area contributed by atoms with Gasteiger partial charge < -0.3 is 4.90 Å². The van der Waals surface area contributed by atoms with Gasteiger partial charge in [-0.05, 0) is 36.6 Å². The Balaban J connectivity index is 2.13. The van der Waals surface area contributed by atoms with Crippen molar-refractivity contribution in [2.24, 2.45) is 0 Å². The number of aromatic nitrogens is 1. The van der Waals surface area contributed by atoms with Gasteiger partial charge in [0.15, 0.2) is 5.03 Å². The Labute approximate surface area is 141 Å². The van der Waals surface area contributed by atoms with Gasteiger partial charge in [0.25, 0.3) is 15.9 Å². The molecular formula is C17H19N3O3S. The predicted octanol–water partition coefficient (Wildman–Crippen LogP) is 1.92. The van der Waals surface area contributed by atoms with Crippen LogP contribution in [-0.2, 0) is 16.4 Å². The van der Waals surface area contributed by atoms with E-state index in [4.69, 9.17) is 0 Å². The highest BCUT2D eigenvalue weighted by atomic mass is 32.2. The molecule has 7 heteroatoms. The molecule has 24 heavy (non-hydrogen) atoms. The third kappa shape index (κ3) is 2.75. The summed E-state index contributed by atoms with van der Waals surface area (Å²) in [6, 6.07) is 10.5. The van der Waals surface area contributed by atoms with Crippen LogP contribution in [0.2, 0.25) is 0 Å². The highest BCUT2D eigenvalue weighted by Gasteiger charge is 2.33. The smallest absolute Gasteiger partial charge is 0.282 e. The zero-order chi connectivity index (χ0) is 17.3. The number of sulfonamides is 1. The van der Waals surface area contributed by atoms with Crippen LogP contribution in [0.25, 0.3) is 0 Å². The molecule has 1 aromatic carbocycles. The minimum Gasteiger partial charge on any atom is -0.345 e. The molecule has 2 heterocycles. The number of hydrogen-bond donors (Lipinski definition) is 0. The third-order valence-electron chi connectivity index (χ3n) is 4.01. The lowest BCUT2D eigenvalue weighted by Crippen LogP contribution is -2.37. The van der Waals surface area contributed by atoms with Gasteiger partial charge in [-0.3, -0.25) is 9.10 Å². The maximum atomic E-state index is 13.2. The number of amides is 1. The second kappa shape index (κ2) is 6.24. The number of carbonyl (C=O) groups excluding carboxylic acids is 1. The Kier molecular flexibility index (Phi) is 4.28. The normalized spacial score (nSPS) is 14.2. The van der Waals surface area contributed by atoms with Crippen LogP contribution in [0, 0.1) is 0 Å². The third-order valence-corrected chi connectivity index (χ3v) is 5.78. The average Bonchev–Trinajstić information content (AvgIpc) is 2.60. The number of benzene rings is 1. The van der Waals surface area contributed by atoms with E-state index in [2.05, 4.69) is 4.98 Å². The first-order valence-electron chi connectivity index (χ1n) is 7.70. The number of anilines is 1. The second-order valence-corrected chi connectivity index (χ2v) is 7.64. The summed E-state index contributed by atoms with van der Waals surface area (Å²) in [6.45, 7) is 0.380. The first-order valence-corrected chi connectivity index (χ1v) is 9.14. The first-order chi connectivity index (χ1) is 11.4. The van der Waals surface area contributed by atoms with Crippen LogP contribution < -0.4 is 4.31 Å². The van der Waals surface area contributed by atoms with Crippen LogP contribution in [0.3, 0.4) is 0 Å². The van der Waals surface area contributed by atoms with E-state index in [0.29, 0.717) is 12.2 Å². The van der Waals surface area contributed by atoms with Crippen LogP contribution in [0.4, 0.5) is 5.69 Å². The summed E-state index contributed by atoms with van der Waals surface area (Å²) in [7, 11) is -0.739. The van der Waals surface area contributed by atoms with E-state index in [1.165, 1.54) is 21.5 Å². The average molecular weight is 345 g/mol. The Morgan fingerprint density at radius 1 is 1.17 bits per heavy atom. The number of carbonyl (C=O) groups is 1. The van der Waals surface area contributed by atoms with Gasteiger partial charge in [-0.25, -0.2) is 4.98 Å². The minimum absolute atomic E-state index is 0.0885. The van der Waals surface area contributed by atoms with E-state index in [0.717, 1.165) is 18.4 Å². The molecule has 3 rings (SSSR count). The van der Waals surface area contributed by atoms with Gasteiger partial charge in [-0.15, -0.1) is 0 Å².